The molecule has 0 N–H and O–H groups in total. The summed E-state index contributed by atoms with van der Waals surface area (Å²) in [5, 5.41) is 0. The number of benzene rings is 1. The molecule has 1 aromatic carbocycles. The Labute approximate surface area is 146 Å². The van der Waals surface area contributed by atoms with E-state index in [0.717, 1.165) is 5.56 Å². The zero-order valence-electron chi connectivity index (χ0n) is 14.5. The van der Waals surface area contributed by atoms with Crippen molar-refractivity contribution in [2.45, 2.75) is 33.3 Å². The third-order valence-electron chi connectivity index (χ3n) is 6.40. The molecule has 1 saturated carbocycles. The number of Topliss-reactive ketones (excluding diaryl/α,β-unsaturated/α-hetero) is 1. The van der Waals surface area contributed by atoms with Gasteiger partial charge in [-0.25, -0.2) is 0 Å². The third-order valence-corrected chi connectivity index (χ3v) is 6.40. The minimum absolute atomic E-state index is 0.281. The van der Waals surface area contributed by atoms with Gasteiger partial charge in [0.05, 0.1) is 11.5 Å². The second-order valence-corrected chi connectivity index (χ2v) is 7.59. The Morgan fingerprint density at radius 3 is 2.68 bits per heavy atom. The van der Waals surface area contributed by atoms with Crippen LogP contribution in [0.4, 0.5) is 0 Å². The highest BCUT2D eigenvalue weighted by molar-refractivity contribution is 6.19. The molecule has 5 atom stereocenters. The largest absolute Gasteiger partial charge is 0.462 e. The molecular formula is C20H20O5. The van der Waals surface area contributed by atoms with Crippen LogP contribution in [0.5, 0.6) is 5.75 Å². The van der Waals surface area contributed by atoms with Crippen molar-refractivity contribution in [3.63, 3.8) is 0 Å². The van der Waals surface area contributed by atoms with Gasteiger partial charge < -0.3 is 9.47 Å². The van der Waals surface area contributed by atoms with Crippen LogP contribution in [0.2, 0.25) is 0 Å². The monoisotopic (exact) mass is 340 g/mol. The van der Waals surface area contributed by atoms with Gasteiger partial charge in [0.1, 0.15) is 17.3 Å². The summed E-state index contributed by atoms with van der Waals surface area (Å²) in [6.07, 6.45) is 1.56. The summed E-state index contributed by atoms with van der Waals surface area (Å²) in [6.45, 7) is 9.26. The van der Waals surface area contributed by atoms with Crippen molar-refractivity contribution in [2.75, 3.05) is 0 Å². The Morgan fingerprint density at radius 2 is 2.00 bits per heavy atom. The first-order valence-electron chi connectivity index (χ1n) is 8.48. The van der Waals surface area contributed by atoms with Crippen LogP contribution in [-0.4, -0.2) is 23.8 Å². The summed E-state index contributed by atoms with van der Waals surface area (Å²) in [4.78, 5) is 39.1. The summed E-state index contributed by atoms with van der Waals surface area (Å²) in [5.74, 6) is -2.05. The smallest absolute Gasteiger partial charge is 0.326 e. The molecule has 2 heterocycles. The second kappa shape index (κ2) is 4.81. The molecule has 25 heavy (non-hydrogen) atoms. The van der Waals surface area contributed by atoms with Gasteiger partial charge in [0.2, 0.25) is 0 Å². The second-order valence-electron chi connectivity index (χ2n) is 7.59. The van der Waals surface area contributed by atoms with E-state index in [0.29, 0.717) is 12.0 Å². The number of ketones is 1. The van der Waals surface area contributed by atoms with Crippen molar-refractivity contribution in [2.24, 2.45) is 22.7 Å². The van der Waals surface area contributed by atoms with Gasteiger partial charge in [-0.15, -0.1) is 6.58 Å². The molecule has 0 unspecified atom stereocenters. The van der Waals surface area contributed by atoms with Crippen LogP contribution in [0.3, 0.4) is 0 Å². The molecule has 1 aliphatic carbocycles. The van der Waals surface area contributed by atoms with Crippen LogP contribution in [0, 0.1) is 29.6 Å². The molecule has 2 aliphatic heterocycles. The predicted octanol–water partition coefficient (Wildman–Crippen LogP) is 2.86. The van der Waals surface area contributed by atoms with Gasteiger partial charge in [-0.2, -0.15) is 0 Å². The van der Waals surface area contributed by atoms with Crippen molar-refractivity contribution in [1.29, 1.82) is 0 Å². The lowest BCUT2D eigenvalue weighted by atomic mass is 9.56. The standard InChI is InChI=1S/C20H20O5/c1-5-19(4)9-13-15(11(3)17(22)24-13)20(19)16(21)14-10(2)7-6-8-12(14)25-18(20)23/h5-8,11,13,15H,1,9H2,2-4H3/t11-,13+,15-,19-,20+/m0/s1. The molecule has 0 bridgehead atoms. The number of ether oxygens (including phenoxy) is 2. The van der Waals surface area contributed by atoms with Crippen LogP contribution in [0.25, 0.3) is 0 Å². The maximum absolute atomic E-state index is 13.7. The summed E-state index contributed by atoms with van der Waals surface area (Å²) < 4.78 is 11.1. The van der Waals surface area contributed by atoms with Crippen molar-refractivity contribution >= 4 is 17.7 Å². The fourth-order valence-electron chi connectivity index (χ4n) is 5.09. The van der Waals surface area contributed by atoms with E-state index in [1.807, 2.05) is 19.9 Å². The number of allylic oxidation sites excluding steroid dienone is 1. The number of carbonyl (C=O) groups excluding carboxylic acids is 3. The van der Waals surface area contributed by atoms with Gasteiger partial charge in [-0.3, -0.25) is 14.4 Å². The average molecular weight is 340 g/mol. The number of fused-ring (bicyclic) bond motifs is 3. The average Bonchev–Trinajstić information content (AvgIpc) is 2.97. The molecule has 1 saturated heterocycles. The highest BCUT2D eigenvalue weighted by Gasteiger charge is 2.75. The van der Waals surface area contributed by atoms with Gasteiger partial charge in [-0.05, 0) is 25.0 Å². The van der Waals surface area contributed by atoms with Crippen LogP contribution in [-0.2, 0) is 14.3 Å². The summed E-state index contributed by atoms with van der Waals surface area (Å²) in [5.41, 5.74) is -1.15. The quantitative estimate of drug-likeness (QED) is 0.340. The topological polar surface area (TPSA) is 69.7 Å². The number of hydrogen-bond donors (Lipinski definition) is 0. The van der Waals surface area contributed by atoms with Crippen LogP contribution in [0.15, 0.2) is 30.9 Å². The number of hydrogen-bond acceptors (Lipinski definition) is 5. The number of rotatable bonds is 1. The normalized spacial score (nSPS) is 39.0. The van der Waals surface area contributed by atoms with Gasteiger partial charge in [0, 0.05) is 11.3 Å². The SMILES string of the molecule is C=C[C@@]1(C)C[C@H]2OC(=O)[C@@H](C)[C@@H]2[C@@]12C(=O)Oc1cccc(C)c1C2=O. The Hall–Kier alpha value is -2.43. The molecule has 130 valence electrons. The molecule has 2 fully saturated rings. The van der Waals surface area contributed by atoms with Crippen LogP contribution >= 0.6 is 0 Å². The minimum atomic E-state index is -1.48. The molecule has 5 heteroatoms. The minimum Gasteiger partial charge on any atom is -0.462 e. The van der Waals surface area contributed by atoms with Gasteiger partial charge >= 0.3 is 11.9 Å². The molecule has 1 spiro atoms. The van der Waals surface area contributed by atoms with Crippen LogP contribution < -0.4 is 4.74 Å². The van der Waals surface area contributed by atoms with Crippen molar-refractivity contribution in [1.82, 2.24) is 0 Å². The number of carbonyl (C=O) groups is 3. The Kier molecular flexibility index (Phi) is 3.09. The number of esters is 2. The zero-order chi connectivity index (χ0) is 18.1. The van der Waals surface area contributed by atoms with Crippen molar-refractivity contribution in [3.8, 4) is 5.75 Å². The molecule has 0 radical (unpaired) electrons. The molecule has 1 aromatic rings. The van der Waals surface area contributed by atoms with E-state index in [2.05, 4.69) is 6.58 Å². The molecule has 4 rings (SSSR count). The maximum atomic E-state index is 13.7. The fraction of sp³-hybridized carbons (Fsp3) is 0.450. The van der Waals surface area contributed by atoms with E-state index in [9.17, 15) is 14.4 Å². The van der Waals surface area contributed by atoms with E-state index >= 15 is 0 Å². The lowest BCUT2D eigenvalue weighted by Crippen LogP contribution is -2.57. The Balaban J connectivity index is 2.01. The highest BCUT2D eigenvalue weighted by Crippen LogP contribution is 2.65. The van der Waals surface area contributed by atoms with E-state index in [1.54, 1.807) is 25.1 Å². The predicted molar refractivity (Wildman–Crippen MR) is 89.0 cm³/mol. The highest BCUT2D eigenvalue weighted by atomic mass is 16.6. The molecule has 3 aliphatic rings. The molecule has 0 amide bonds. The summed E-state index contributed by atoms with van der Waals surface area (Å²) in [7, 11) is 0. The first-order valence-corrected chi connectivity index (χ1v) is 8.48. The van der Waals surface area contributed by atoms with E-state index < -0.39 is 34.7 Å². The molecular weight excluding hydrogens is 320 g/mol. The summed E-state index contributed by atoms with van der Waals surface area (Å²) in [6, 6.07) is 5.20. The van der Waals surface area contributed by atoms with Crippen molar-refractivity contribution in [3.05, 3.63) is 42.0 Å². The van der Waals surface area contributed by atoms with E-state index in [1.165, 1.54) is 0 Å². The van der Waals surface area contributed by atoms with E-state index in [4.69, 9.17) is 9.47 Å². The van der Waals surface area contributed by atoms with Gasteiger partial charge in [0.25, 0.3) is 0 Å². The van der Waals surface area contributed by atoms with E-state index in [-0.39, 0.29) is 17.5 Å². The van der Waals surface area contributed by atoms with Crippen LogP contribution in [0.1, 0.15) is 36.2 Å². The Bertz CT molecular complexity index is 840. The maximum Gasteiger partial charge on any atom is 0.326 e. The third kappa shape index (κ3) is 1.66. The van der Waals surface area contributed by atoms with Gasteiger partial charge in [-0.1, -0.05) is 32.1 Å². The lowest BCUT2D eigenvalue weighted by molar-refractivity contribution is -0.151. The lowest BCUT2D eigenvalue weighted by Gasteiger charge is -2.44. The van der Waals surface area contributed by atoms with Gasteiger partial charge in [0.15, 0.2) is 5.78 Å². The zero-order valence-corrected chi connectivity index (χ0v) is 14.5. The first-order chi connectivity index (χ1) is 11.8. The summed E-state index contributed by atoms with van der Waals surface area (Å²) >= 11 is 0. The Morgan fingerprint density at radius 1 is 1.28 bits per heavy atom. The molecule has 5 nitrogen and oxygen atoms in total. The molecule has 0 aromatic heterocycles. The fourth-order valence-corrected chi connectivity index (χ4v) is 5.09. The first kappa shape index (κ1) is 16.1. The number of aryl methyl sites for hydroxylation is 1. The van der Waals surface area contributed by atoms with Crippen molar-refractivity contribution < 1.29 is 23.9 Å².